The van der Waals surface area contributed by atoms with E-state index in [1.165, 1.54) is 11.3 Å². The number of rotatable bonds is 6. The highest BCUT2D eigenvalue weighted by Crippen LogP contribution is 2.36. The molecule has 170 valence electrons. The second-order valence-electron chi connectivity index (χ2n) is 7.79. The Hall–Kier alpha value is -3.65. The second-order valence-corrected chi connectivity index (χ2v) is 8.84. The Kier molecular flexibility index (Phi) is 6.74. The number of amides is 2. The average Bonchev–Trinajstić information content (AvgIpc) is 3.47. The normalized spacial score (nSPS) is 15.3. The zero-order chi connectivity index (χ0) is 23.4. The molecule has 1 aliphatic heterocycles. The highest BCUT2D eigenvalue weighted by Gasteiger charge is 2.32. The zero-order valence-corrected chi connectivity index (χ0v) is 19.1. The molecule has 1 aliphatic rings. The third kappa shape index (κ3) is 5.06. The summed E-state index contributed by atoms with van der Waals surface area (Å²) in [6.45, 7) is 2.78. The predicted molar refractivity (Wildman–Crippen MR) is 129 cm³/mol. The molecule has 0 bridgehead atoms. The van der Waals surface area contributed by atoms with Gasteiger partial charge in [0, 0.05) is 29.2 Å². The first-order chi connectivity index (χ1) is 16.0. The van der Waals surface area contributed by atoms with Gasteiger partial charge in [-0.25, -0.2) is 4.79 Å². The van der Waals surface area contributed by atoms with E-state index in [2.05, 4.69) is 5.32 Å². The number of benzene rings is 2. The summed E-state index contributed by atoms with van der Waals surface area (Å²) in [6.07, 6.45) is 0.547. The van der Waals surface area contributed by atoms with Crippen LogP contribution in [0.15, 0.2) is 60.7 Å². The maximum Gasteiger partial charge on any atom is 0.341 e. The van der Waals surface area contributed by atoms with Crippen molar-refractivity contribution in [3.63, 3.8) is 0 Å². The molecule has 1 atom stereocenters. The molecule has 33 heavy (non-hydrogen) atoms. The van der Waals surface area contributed by atoms with Crippen molar-refractivity contribution in [3.05, 3.63) is 71.8 Å². The molecule has 0 spiro atoms. The molecular formula is C25H25N3O4S. The van der Waals surface area contributed by atoms with Crippen molar-refractivity contribution >= 4 is 39.8 Å². The zero-order valence-electron chi connectivity index (χ0n) is 18.2. The molecule has 2 aromatic carbocycles. The minimum atomic E-state index is -0.476. The number of hydrogen-bond donors (Lipinski definition) is 2. The van der Waals surface area contributed by atoms with Crippen LogP contribution in [-0.4, -0.2) is 42.4 Å². The molecular weight excluding hydrogens is 438 g/mol. The molecule has 0 radical (unpaired) electrons. The summed E-state index contributed by atoms with van der Waals surface area (Å²) in [5.41, 5.74) is 8.10. The Morgan fingerprint density at radius 2 is 1.91 bits per heavy atom. The van der Waals surface area contributed by atoms with E-state index in [4.69, 9.17) is 10.5 Å². The Labute approximate surface area is 196 Å². The highest BCUT2D eigenvalue weighted by atomic mass is 32.1. The van der Waals surface area contributed by atoms with Gasteiger partial charge in [-0.15, -0.1) is 11.3 Å². The van der Waals surface area contributed by atoms with E-state index >= 15 is 0 Å². The van der Waals surface area contributed by atoms with Gasteiger partial charge in [0.1, 0.15) is 5.00 Å². The first-order valence-electron chi connectivity index (χ1n) is 10.8. The van der Waals surface area contributed by atoms with Gasteiger partial charge < -0.3 is 20.7 Å². The van der Waals surface area contributed by atoms with Crippen LogP contribution in [0.25, 0.3) is 10.4 Å². The predicted octanol–water partition coefficient (Wildman–Crippen LogP) is 4.27. The van der Waals surface area contributed by atoms with E-state index in [0.29, 0.717) is 41.3 Å². The molecule has 1 unspecified atom stereocenters. The van der Waals surface area contributed by atoms with Gasteiger partial charge in [-0.3, -0.25) is 9.59 Å². The van der Waals surface area contributed by atoms with E-state index in [1.807, 2.05) is 30.3 Å². The molecule has 1 aromatic heterocycles. The van der Waals surface area contributed by atoms with Crippen LogP contribution < -0.4 is 11.1 Å². The topological polar surface area (TPSA) is 102 Å². The number of likely N-dealkylation sites (tertiary alicyclic amines) is 1. The fraction of sp³-hybridized carbons (Fsp3) is 0.240. The van der Waals surface area contributed by atoms with Crippen LogP contribution in [0.5, 0.6) is 0 Å². The molecule has 2 heterocycles. The number of ether oxygens (including phenoxy) is 1. The third-order valence-corrected chi connectivity index (χ3v) is 6.60. The van der Waals surface area contributed by atoms with Gasteiger partial charge >= 0.3 is 5.97 Å². The minimum Gasteiger partial charge on any atom is -0.462 e. The van der Waals surface area contributed by atoms with Crippen molar-refractivity contribution in [2.75, 3.05) is 30.7 Å². The largest absolute Gasteiger partial charge is 0.462 e. The van der Waals surface area contributed by atoms with Gasteiger partial charge in [0.25, 0.3) is 5.91 Å². The minimum absolute atomic E-state index is 0.146. The lowest BCUT2D eigenvalue weighted by Gasteiger charge is -2.17. The molecule has 3 N–H and O–H groups in total. The number of nitrogen functional groups attached to an aromatic ring is 1. The van der Waals surface area contributed by atoms with Crippen LogP contribution >= 0.6 is 11.3 Å². The highest BCUT2D eigenvalue weighted by molar-refractivity contribution is 7.20. The summed E-state index contributed by atoms with van der Waals surface area (Å²) in [5, 5.41) is 3.37. The van der Waals surface area contributed by atoms with Gasteiger partial charge in [-0.05, 0) is 43.2 Å². The SMILES string of the molecule is CCOC(=O)c1cc(-c2ccccc2)sc1NC(=O)C1CCN(C(=O)c2cccc(N)c2)C1. The molecule has 4 rings (SSSR count). The Balaban J connectivity index is 1.49. The lowest BCUT2D eigenvalue weighted by molar-refractivity contribution is -0.119. The van der Waals surface area contributed by atoms with E-state index in [9.17, 15) is 14.4 Å². The summed E-state index contributed by atoms with van der Waals surface area (Å²) in [6, 6.07) is 18.2. The van der Waals surface area contributed by atoms with Crippen LogP contribution in [0.2, 0.25) is 0 Å². The summed E-state index contributed by atoms with van der Waals surface area (Å²) in [7, 11) is 0. The maximum atomic E-state index is 13.0. The van der Waals surface area contributed by atoms with Crippen LogP contribution in [0.3, 0.4) is 0 Å². The van der Waals surface area contributed by atoms with Gasteiger partial charge in [-0.2, -0.15) is 0 Å². The van der Waals surface area contributed by atoms with Gasteiger partial charge in [0.15, 0.2) is 0 Å². The number of hydrogen-bond acceptors (Lipinski definition) is 6. The summed E-state index contributed by atoms with van der Waals surface area (Å²) in [5.74, 6) is -1.21. The quantitative estimate of drug-likeness (QED) is 0.420. The molecule has 1 fully saturated rings. The fourth-order valence-corrected chi connectivity index (χ4v) is 4.87. The number of carbonyl (C=O) groups is 3. The molecule has 2 amide bonds. The first kappa shape index (κ1) is 22.5. The van der Waals surface area contributed by atoms with Crippen molar-refractivity contribution in [1.29, 1.82) is 0 Å². The third-order valence-electron chi connectivity index (χ3n) is 5.50. The van der Waals surface area contributed by atoms with Crippen molar-refractivity contribution in [3.8, 4) is 10.4 Å². The average molecular weight is 464 g/mol. The van der Waals surface area contributed by atoms with Crippen molar-refractivity contribution in [2.24, 2.45) is 5.92 Å². The number of carbonyl (C=O) groups excluding carboxylic acids is 3. The number of nitrogens with two attached hydrogens (primary N) is 1. The number of thiophene rings is 1. The molecule has 0 saturated carbocycles. The van der Waals surface area contributed by atoms with Crippen LogP contribution in [-0.2, 0) is 9.53 Å². The molecule has 8 heteroatoms. The van der Waals surface area contributed by atoms with E-state index in [-0.39, 0.29) is 24.3 Å². The number of nitrogens with one attached hydrogen (secondary N) is 1. The number of nitrogens with zero attached hydrogens (tertiary/aromatic N) is 1. The van der Waals surface area contributed by atoms with Crippen molar-refractivity contribution in [1.82, 2.24) is 4.90 Å². The van der Waals surface area contributed by atoms with Gasteiger partial charge in [0.05, 0.1) is 18.1 Å². The summed E-state index contributed by atoms with van der Waals surface area (Å²) in [4.78, 5) is 40.8. The Morgan fingerprint density at radius 3 is 2.64 bits per heavy atom. The second kappa shape index (κ2) is 9.87. The Bertz CT molecular complexity index is 1180. The van der Waals surface area contributed by atoms with Crippen molar-refractivity contribution < 1.29 is 19.1 Å². The monoisotopic (exact) mass is 463 g/mol. The van der Waals surface area contributed by atoms with Crippen LogP contribution in [0, 0.1) is 5.92 Å². The molecule has 0 aliphatic carbocycles. The Morgan fingerprint density at radius 1 is 1.12 bits per heavy atom. The molecule has 7 nitrogen and oxygen atoms in total. The van der Waals surface area contributed by atoms with E-state index in [0.717, 1.165) is 10.4 Å². The van der Waals surface area contributed by atoms with Crippen molar-refractivity contribution in [2.45, 2.75) is 13.3 Å². The lowest BCUT2D eigenvalue weighted by atomic mass is 10.1. The molecule has 1 saturated heterocycles. The number of anilines is 2. The number of esters is 1. The van der Waals surface area contributed by atoms with Gasteiger partial charge in [-0.1, -0.05) is 36.4 Å². The maximum absolute atomic E-state index is 13.0. The van der Waals surface area contributed by atoms with E-state index < -0.39 is 5.97 Å². The standard InChI is InChI=1S/C25H25N3O4S/c1-2-32-25(31)20-14-21(16-7-4-3-5-8-16)33-23(20)27-22(29)18-11-12-28(15-18)24(30)17-9-6-10-19(26)13-17/h3-10,13-14,18H,2,11-12,15,26H2,1H3,(H,27,29). The van der Waals surface area contributed by atoms with Crippen LogP contribution in [0.4, 0.5) is 10.7 Å². The molecule has 3 aromatic rings. The van der Waals surface area contributed by atoms with E-state index in [1.54, 1.807) is 42.2 Å². The van der Waals surface area contributed by atoms with Crippen LogP contribution in [0.1, 0.15) is 34.1 Å². The summed E-state index contributed by atoms with van der Waals surface area (Å²) >= 11 is 1.33. The fourth-order valence-electron chi connectivity index (χ4n) is 3.82. The smallest absolute Gasteiger partial charge is 0.341 e. The first-order valence-corrected chi connectivity index (χ1v) is 11.6. The summed E-state index contributed by atoms with van der Waals surface area (Å²) < 4.78 is 5.19. The lowest BCUT2D eigenvalue weighted by Crippen LogP contribution is -2.31. The van der Waals surface area contributed by atoms with Gasteiger partial charge in [0.2, 0.25) is 5.91 Å².